The second-order valence-electron chi connectivity index (χ2n) is 3.52. The number of hydrogen-bond acceptors (Lipinski definition) is 6. The zero-order valence-corrected chi connectivity index (χ0v) is 10.6. The van der Waals surface area contributed by atoms with Crippen LogP contribution in [0.2, 0.25) is 0 Å². The molecule has 90 valence electrons. The average Bonchev–Trinajstić information content (AvgIpc) is 2.61. The van der Waals surface area contributed by atoms with Crippen molar-refractivity contribution in [3.8, 4) is 0 Å². The molecule has 0 aromatic heterocycles. The number of nitrogens with zero attached hydrogens (tertiary/aromatic N) is 2. The minimum Gasteiger partial charge on any atom is -0.395 e. The number of thioether (sulfide) groups is 1. The van der Waals surface area contributed by atoms with Crippen LogP contribution in [0.25, 0.3) is 0 Å². The molecule has 1 saturated heterocycles. The van der Waals surface area contributed by atoms with Crippen LogP contribution in [0.4, 0.5) is 0 Å². The molecule has 0 spiro atoms. The molecule has 0 aliphatic carbocycles. The third kappa shape index (κ3) is 4.93. The Morgan fingerprint density at radius 3 is 2.40 bits per heavy atom. The molecular formula is C9H20N2O2S2. The Morgan fingerprint density at radius 2 is 1.93 bits per heavy atom. The average molecular weight is 252 g/mol. The zero-order chi connectivity index (χ0) is 11.1. The van der Waals surface area contributed by atoms with Crippen LogP contribution in [0.3, 0.4) is 0 Å². The third-order valence-electron chi connectivity index (χ3n) is 2.49. The van der Waals surface area contributed by atoms with Crippen LogP contribution in [0, 0.1) is 0 Å². The van der Waals surface area contributed by atoms with Crippen LogP contribution in [-0.2, 0) is 0 Å². The van der Waals surface area contributed by atoms with E-state index < -0.39 is 0 Å². The summed E-state index contributed by atoms with van der Waals surface area (Å²) in [5, 5.41) is 17.7. The van der Waals surface area contributed by atoms with Crippen molar-refractivity contribution in [1.82, 2.24) is 9.80 Å². The van der Waals surface area contributed by atoms with Gasteiger partial charge in [-0.2, -0.15) is 0 Å². The molecule has 1 heterocycles. The third-order valence-corrected chi connectivity index (χ3v) is 4.28. The summed E-state index contributed by atoms with van der Waals surface area (Å²) in [6.45, 7) is 4.51. The van der Waals surface area contributed by atoms with Crippen molar-refractivity contribution in [1.29, 1.82) is 0 Å². The second kappa shape index (κ2) is 7.76. The predicted octanol–water partition coefficient (Wildman–Crippen LogP) is -0.465. The summed E-state index contributed by atoms with van der Waals surface area (Å²) in [7, 11) is 0. The van der Waals surface area contributed by atoms with Crippen LogP contribution < -0.4 is 0 Å². The quantitative estimate of drug-likeness (QED) is 0.535. The van der Waals surface area contributed by atoms with Gasteiger partial charge in [0.05, 0.1) is 17.9 Å². The standard InChI is InChI=1S/C9H20N2O2S2/c12-6-3-10(4-7-13)1-2-11-5-8-15-9(11)14/h9,12-14H,1-8H2. The summed E-state index contributed by atoms with van der Waals surface area (Å²) in [5.41, 5.74) is 0. The van der Waals surface area contributed by atoms with E-state index in [9.17, 15) is 0 Å². The summed E-state index contributed by atoms with van der Waals surface area (Å²) >= 11 is 6.32. The van der Waals surface area contributed by atoms with Crippen molar-refractivity contribution in [3.63, 3.8) is 0 Å². The van der Waals surface area contributed by atoms with Crippen molar-refractivity contribution in [3.05, 3.63) is 0 Å². The molecule has 2 N–H and O–H groups in total. The van der Waals surface area contributed by atoms with Gasteiger partial charge in [-0.05, 0) is 0 Å². The molecule has 1 rings (SSSR count). The van der Waals surface area contributed by atoms with Crippen molar-refractivity contribution in [2.24, 2.45) is 0 Å². The molecule has 1 fully saturated rings. The van der Waals surface area contributed by atoms with Gasteiger partial charge in [0.15, 0.2) is 0 Å². The van der Waals surface area contributed by atoms with Crippen LogP contribution in [-0.4, -0.2) is 76.4 Å². The second-order valence-corrected chi connectivity index (χ2v) is 5.55. The topological polar surface area (TPSA) is 46.9 Å². The molecule has 0 bridgehead atoms. The highest BCUT2D eigenvalue weighted by atomic mass is 32.2. The molecule has 1 unspecified atom stereocenters. The van der Waals surface area contributed by atoms with E-state index in [1.54, 1.807) is 0 Å². The Morgan fingerprint density at radius 1 is 1.27 bits per heavy atom. The van der Waals surface area contributed by atoms with Gasteiger partial charge in [0.1, 0.15) is 0 Å². The fraction of sp³-hybridized carbons (Fsp3) is 1.00. The fourth-order valence-corrected chi connectivity index (χ4v) is 3.12. The van der Waals surface area contributed by atoms with E-state index in [2.05, 4.69) is 22.4 Å². The highest BCUT2D eigenvalue weighted by Gasteiger charge is 2.21. The Hall–Kier alpha value is 0.540. The first-order valence-electron chi connectivity index (χ1n) is 5.25. The molecule has 1 aliphatic rings. The summed E-state index contributed by atoms with van der Waals surface area (Å²) < 4.78 is 0.315. The van der Waals surface area contributed by atoms with Crippen molar-refractivity contribution in [2.45, 2.75) is 4.71 Å². The van der Waals surface area contributed by atoms with Crippen LogP contribution >= 0.6 is 24.4 Å². The first-order valence-corrected chi connectivity index (χ1v) is 6.82. The van der Waals surface area contributed by atoms with Gasteiger partial charge in [-0.1, -0.05) is 0 Å². The summed E-state index contributed by atoms with van der Waals surface area (Å²) in [6.07, 6.45) is 0. The minimum atomic E-state index is 0.152. The highest BCUT2D eigenvalue weighted by molar-refractivity contribution is 8.10. The van der Waals surface area contributed by atoms with Crippen molar-refractivity contribution in [2.75, 3.05) is 51.7 Å². The number of aliphatic hydroxyl groups excluding tert-OH is 2. The lowest BCUT2D eigenvalue weighted by Crippen LogP contribution is -2.38. The van der Waals surface area contributed by atoms with Crippen LogP contribution in [0.15, 0.2) is 0 Å². The van der Waals surface area contributed by atoms with Gasteiger partial charge < -0.3 is 10.2 Å². The maximum absolute atomic E-state index is 8.85. The molecule has 4 nitrogen and oxygen atoms in total. The van der Waals surface area contributed by atoms with Crippen molar-refractivity contribution >= 4 is 24.4 Å². The maximum Gasteiger partial charge on any atom is 0.0999 e. The van der Waals surface area contributed by atoms with Gasteiger partial charge in [-0.25, -0.2) is 0 Å². The molecule has 0 aromatic carbocycles. The van der Waals surface area contributed by atoms with E-state index in [1.165, 1.54) is 0 Å². The molecule has 0 amide bonds. The smallest absolute Gasteiger partial charge is 0.0999 e. The number of hydrogen-bond donors (Lipinski definition) is 3. The number of aliphatic hydroxyl groups is 2. The minimum absolute atomic E-state index is 0.152. The Labute approximate surface area is 101 Å². The van der Waals surface area contributed by atoms with E-state index in [-0.39, 0.29) is 13.2 Å². The Balaban J connectivity index is 2.19. The van der Waals surface area contributed by atoms with E-state index in [0.717, 1.165) is 25.4 Å². The van der Waals surface area contributed by atoms with E-state index in [1.807, 2.05) is 11.8 Å². The van der Waals surface area contributed by atoms with Gasteiger partial charge in [0, 0.05) is 38.5 Å². The molecule has 15 heavy (non-hydrogen) atoms. The molecule has 0 radical (unpaired) electrons. The molecule has 1 atom stereocenters. The Kier molecular flexibility index (Phi) is 7.03. The largest absolute Gasteiger partial charge is 0.395 e. The van der Waals surface area contributed by atoms with Crippen LogP contribution in [0.1, 0.15) is 0 Å². The summed E-state index contributed by atoms with van der Waals surface area (Å²) in [5.74, 6) is 1.15. The lowest BCUT2D eigenvalue weighted by molar-refractivity contribution is 0.148. The molecular weight excluding hydrogens is 232 g/mol. The van der Waals surface area contributed by atoms with Crippen molar-refractivity contribution < 1.29 is 10.2 Å². The lowest BCUT2D eigenvalue weighted by atomic mass is 10.4. The monoisotopic (exact) mass is 252 g/mol. The predicted molar refractivity (Wildman–Crippen MR) is 67.4 cm³/mol. The van der Waals surface area contributed by atoms with Crippen LogP contribution in [0.5, 0.6) is 0 Å². The van der Waals surface area contributed by atoms with Gasteiger partial charge in [0.2, 0.25) is 0 Å². The fourth-order valence-electron chi connectivity index (χ4n) is 1.60. The normalized spacial score (nSPS) is 22.8. The molecule has 1 aliphatic heterocycles. The van der Waals surface area contributed by atoms with Gasteiger partial charge in [-0.15, -0.1) is 24.4 Å². The first kappa shape index (κ1) is 13.6. The van der Waals surface area contributed by atoms with Gasteiger partial charge in [0.25, 0.3) is 0 Å². The summed E-state index contributed by atoms with van der Waals surface area (Å²) in [4.78, 5) is 4.39. The van der Waals surface area contributed by atoms with E-state index in [4.69, 9.17) is 10.2 Å². The summed E-state index contributed by atoms with van der Waals surface area (Å²) in [6, 6.07) is 0. The highest BCUT2D eigenvalue weighted by Crippen LogP contribution is 2.25. The zero-order valence-electron chi connectivity index (χ0n) is 8.88. The first-order chi connectivity index (χ1) is 7.27. The maximum atomic E-state index is 8.85. The van der Waals surface area contributed by atoms with Gasteiger partial charge in [-0.3, -0.25) is 9.80 Å². The molecule has 0 aromatic rings. The Bertz CT molecular complexity index is 168. The number of rotatable bonds is 7. The van der Waals surface area contributed by atoms with E-state index in [0.29, 0.717) is 17.8 Å². The number of thiol groups is 1. The van der Waals surface area contributed by atoms with Gasteiger partial charge >= 0.3 is 0 Å². The lowest BCUT2D eigenvalue weighted by Gasteiger charge is -2.25. The van der Waals surface area contributed by atoms with E-state index >= 15 is 0 Å². The SMILES string of the molecule is OCCN(CCO)CCN1CCSC1S. The molecule has 6 heteroatoms. The molecule has 0 saturated carbocycles.